The molecule has 1 saturated carbocycles. The van der Waals surface area contributed by atoms with Crippen molar-refractivity contribution in [2.24, 2.45) is 11.3 Å². The van der Waals surface area contributed by atoms with E-state index in [0.29, 0.717) is 5.41 Å². The molecule has 1 aliphatic carbocycles. The molecule has 0 atom stereocenters. The predicted octanol–water partition coefficient (Wildman–Crippen LogP) is 3.93. The van der Waals surface area contributed by atoms with Crippen molar-refractivity contribution in [1.82, 2.24) is 0 Å². The summed E-state index contributed by atoms with van der Waals surface area (Å²) in [5.41, 5.74) is 0.349. The van der Waals surface area contributed by atoms with Gasteiger partial charge >= 0.3 is 0 Å². The highest BCUT2D eigenvalue weighted by Crippen LogP contribution is 2.34. The zero-order valence-corrected chi connectivity index (χ0v) is 11.2. The second kappa shape index (κ2) is 6.80. The van der Waals surface area contributed by atoms with E-state index in [4.69, 9.17) is 4.74 Å². The first-order valence-electron chi connectivity index (χ1n) is 6.45. The van der Waals surface area contributed by atoms with Gasteiger partial charge in [0, 0.05) is 12.0 Å². The lowest BCUT2D eigenvalue weighted by atomic mass is 9.82. The van der Waals surface area contributed by atoms with E-state index in [0.717, 1.165) is 24.9 Å². The largest absolute Gasteiger partial charge is 0.381 e. The summed E-state index contributed by atoms with van der Waals surface area (Å²) in [4.78, 5) is 0. The van der Waals surface area contributed by atoms with Gasteiger partial charge in [0.25, 0.3) is 0 Å². The molecule has 2 heteroatoms. The molecule has 0 amide bonds. The van der Waals surface area contributed by atoms with Crippen LogP contribution in [-0.2, 0) is 4.74 Å². The van der Waals surface area contributed by atoms with Crippen LogP contribution in [0.1, 0.15) is 52.4 Å². The summed E-state index contributed by atoms with van der Waals surface area (Å²) in [6.45, 7) is 6.43. The molecule has 0 aromatic carbocycles. The van der Waals surface area contributed by atoms with Gasteiger partial charge < -0.3 is 4.74 Å². The molecule has 0 unspecified atom stereocenters. The van der Waals surface area contributed by atoms with Crippen molar-refractivity contribution in [3.8, 4) is 0 Å². The Morgan fingerprint density at radius 3 is 2.20 bits per heavy atom. The summed E-state index contributed by atoms with van der Waals surface area (Å²) in [5.74, 6) is 1.85. The summed E-state index contributed by atoms with van der Waals surface area (Å²) in [6, 6.07) is 0. The molecule has 0 N–H and O–H groups in total. The molecule has 0 aliphatic heterocycles. The van der Waals surface area contributed by atoms with Crippen LogP contribution in [0.2, 0.25) is 0 Å². The van der Waals surface area contributed by atoms with Crippen LogP contribution in [0, 0.1) is 11.3 Å². The van der Waals surface area contributed by atoms with E-state index < -0.39 is 0 Å². The van der Waals surface area contributed by atoms with Crippen LogP contribution in [0.3, 0.4) is 0 Å². The van der Waals surface area contributed by atoms with Gasteiger partial charge in [-0.25, -0.2) is 0 Å². The van der Waals surface area contributed by atoms with Crippen LogP contribution in [-0.4, -0.2) is 19.0 Å². The number of rotatable bonds is 9. The Labute approximate surface area is 100 Å². The molecule has 90 valence electrons. The highest BCUT2D eigenvalue weighted by molar-refractivity contribution is 7.80. The molecule has 0 aromatic rings. The average Bonchev–Trinajstić information content (AvgIpc) is 3.02. The van der Waals surface area contributed by atoms with Crippen molar-refractivity contribution in [1.29, 1.82) is 0 Å². The molecule has 0 heterocycles. The van der Waals surface area contributed by atoms with E-state index in [1.165, 1.54) is 38.5 Å². The second-order valence-corrected chi connectivity index (χ2v) is 5.43. The Bertz CT molecular complexity index is 160. The van der Waals surface area contributed by atoms with Gasteiger partial charge in [0.05, 0.1) is 6.61 Å². The highest BCUT2D eigenvalue weighted by atomic mass is 32.1. The molecule has 0 bridgehead atoms. The molecule has 0 aromatic heterocycles. The zero-order chi connectivity index (χ0) is 11.1. The van der Waals surface area contributed by atoms with Crippen LogP contribution >= 0.6 is 12.6 Å². The molecule has 1 fully saturated rings. The van der Waals surface area contributed by atoms with Crippen LogP contribution in [0.5, 0.6) is 0 Å². The minimum atomic E-state index is 0.349. The van der Waals surface area contributed by atoms with Gasteiger partial charge in [-0.2, -0.15) is 12.6 Å². The third kappa shape index (κ3) is 4.78. The Morgan fingerprint density at radius 1 is 1.20 bits per heavy atom. The molecular formula is C13H26OS. The van der Waals surface area contributed by atoms with Gasteiger partial charge in [-0.1, -0.05) is 26.7 Å². The van der Waals surface area contributed by atoms with E-state index >= 15 is 0 Å². The topological polar surface area (TPSA) is 9.23 Å². The minimum Gasteiger partial charge on any atom is -0.381 e. The SMILES string of the molecule is CCCC(CS)(CCC)COCC1CC1. The summed E-state index contributed by atoms with van der Waals surface area (Å²) < 4.78 is 5.87. The first-order valence-corrected chi connectivity index (χ1v) is 7.08. The predicted molar refractivity (Wildman–Crippen MR) is 69.6 cm³/mol. The molecule has 1 aliphatic rings. The Balaban J connectivity index is 2.29. The first kappa shape index (κ1) is 13.4. The maximum Gasteiger partial charge on any atom is 0.0530 e. The molecule has 0 spiro atoms. The molecular weight excluding hydrogens is 204 g/mol. The standard InChI is InChI=1S/C13H26OS/c1-3-7-13(11-15,8-4-2)10-14-9-12-5-6-12/h12,15H,3-11H2,1-2H3. The summed E-state index contributed by atoms with van der Waals surface area (Å²) in [6.07, 6.45) is 7.77. The third-order valence-corrected chi connectivity index (χ3v) is 4.03. The van der Waals surface area contributed by atoms with E-state index in [9.17, 15) is 0 Å². The van der Waals surface area contributed by atoms with Gasteiger partial charge in [0.1, 0.15) is 0 Å². The lowest BCUT2D eigenvalue weighted by Gasteiger charge is -2.31. The normalized spacial score (nSPS) is 17.0. The molecule has 1 rings (SSSR count). The maximum absolute atomic E-state index is 5.87. The summed E-state index contributed by atoms with van der Waals surface area (Å²) in [5, 5.41) is 0. The lowest BCUT2D eigenvalue weighted by Crippen LogP contribution is -2.29. The molecule has 0 saturated heterocycles. The van der Waals surface area contributed by atoms with Crippen molar-refractivity contribution in [2.75, 3.05) is 19.0 Å². The Morgan fingerprint density at radius 2 is 1.80 bits per heavy atom. The fourth-order valence-electron chi connectivity index (χ4n) is 2.26. The highest BCUT2D eigenvalue weighted by Gasteiger charge is 2.28. The zero-order valence-electron chi connectivity index (χ0n) is 10.3. The first-order chi connectivity index (χ1) is 7.26. The van der Waals surface area contributed by atoms with Crippen LogP contribution in [0.15, 0.2) is 0 Å². The molecule has 1 nitrogen and oxygen atoms in total. The van der Waals surface area contributed by atoms with Crippen LogP contribution < -0.4 is 0 Å². The van der Waals surface area contributed by atoms with Gasteiger partial charge in [-0.3, -0.25) is 0 Å². The fraction of sp³-hybridized carbons (Fsp3) is 1.00. The van der Waals surface area contributed by atoms with Gasteiger partial charge in [0.15, 0.2) is 0 Å². The van der Waals surface area contributed by atoms with E-state index in [1.807, 2.05) is 0 Å². The monoisotopic (exact) mass is 230 g/mol. The van der Waals surface area contributed by atoms with E-state index in [-0.39, 0.29) is 0 Å². The van der Waals surface area contributed by atoms with Crippen molar-refractivity contribution in [3.63, 3.8) is 0 Å². The van der Waals surface area contributed by atoms with Crippen molar-refractivity contribution in [2.45, 2.75) is 52.4 Å². The summed E-state index contributed by atoms with van der Waals surface area (Å²) >= 11 is 4.53. The van der Waals surface area contributed by atoms with Gasteiger partial charge in [-0.15, -0.1) is 0 Å². The second-order valence-electron chi connectivity index (χ2n) is 5.12. The van der Waals surface area contributed by atoms with Gasteiger partial charge in [-0.05, 0) is 37.4 Å². The third-order valence-electron chi connectivity index (χ3n) is 3.35. The Kier molecular flexibility index (Phi) is 6.06. The van der Waals surface area contributed by atoms with Gasteiger partial charge in [0.2, 0.25) is 0 Å². The van der Waals surface area contributed by atoms with E-state index in [2.05, 4.69) is 26.5 Å². The van der Waals surface area contributed by atoms with E-state index in [1.54, 1.807) is 0 Å². The smallest absolute Gasteiger partial charge is 0.0530 e. The van der Waals surface area contributed by atoms with Crippen molar-refractivity contribution < 1.29 is 4.74 Å². The minimum absolute atomic E-state index is 0.349. The van der Waals surface area contributed by atoms with Crippen molar-refractivity contribution >= 4 is 12.6 Å². The quantitative estimate of drug-likeness (QED) is 0.591. The number of hydrogen-bond acceptors (Lipinski definition) is 2. The maximum atomic E-state index is 5.87. The molecule has 15 heavy (non-hydrogen) atoms. The fourth-order valence-corrected chi connectivity index (χ4v) is 2.67. The average molecular weight is 230 g/mol. The lowest BCUT2D eigenvalue weighted by molar-refractivity contribution is 0.0394. The number of hydrogen-bond donors (Lipinski definition) is 1. The molecule has 0 radical (unpaired) electrons. The van der Waals surface area contributed by atoms with Crippen molar-refractivity contribution in [3.05, 3.63) is 0 Å². The number of ether oxygens (including phenoxy) is 1. The van der Waals surface area contributed by atoms with Crippen LogP contribution in [0.25, 0.3) is 0 Å². The summed E-state index contributed by atoms with van der Waals surface area (Å²) in [7, 11) is 0. The van der Waals surface area contributed by atoms with Crippen LogP contribution in [0.4, 0.5) is 0 Å². The number of thiol groups is 1. The Hall–Kier alpha value is 0.310.